The third-order valence-electron chi connectivity index (χ3n) is 1.51. The van der Waals surface area contributed by atoms with Gasteiger partial charge in [-0.2, -0.15) is 0 Å². The van der Waals surface area contributed by atoms with Gasteiger partial charge in [0.2, 0.25) is 0 Å². The second-order valence-corrected chi connectivity index (χ2v) is 2.17. The predicted octanol–water partition coefficient (Wildman–Crippen LogP) is 0.404. The Balaban J connectivity index is 2.70. The molecule has 56 valence electrons. The van der Waals surface area contributed by atoms with Crippen molar-refractivity contribution in [2.75, 3.05) is 6.54 Å². The number of aryl methyl sites for hydroxylation is 1. The van der Waals surface area contributed by atoms with Crippen LogP contribution in [-0.4, -0.2) is 16.1 Å². The van der Waals surface area contributed by atoms with Crippen molar-refractivity contribution in [1.82, 2.24) is 9.55 Å². The van der Waals surface area contributed by atoms with Crippen molar-refractivity contribution in [3.63, 3.8) is 0 Å². The van der Waals surface area contributed by atoms with E-state index >= 15 is 0 Å². The van der Waals surface area contributed by atoms with Crippen LogP contribution in [0.3, 0.4) is 0 Å². The van der Waals surface area contributed by atoms with E-state index in [1.165, 1.54) is 0 Å². The van der Waals surface area contributed by atoms with Gasteiger partial charge in [-0.1, -0.05) is 0 Å². The van der Waals surface area contributed by atoms with Crippen LogP contribution in [0.2, 0.25) is 0 Å². The van der Waals surface area contributed by atoms with E-state index in [-0.39, 0.29) is 0 Å². The summed E-state index contributed by atoms with van der Waals surface area (Å²) in [5.74, 6) is 1.09. The van der Waals surface area contributed by atoms with Crippen LogP contribution in [0.25, 0.3) is 0 Å². The normalized spacial score (nSPS) is 10.2. The lowest BCUT2D eigenvalue weighted by Gasteiger charge is -2.00. The van der Waals surface area contributed by atoms with E-state index in [0.717, 1.165) is 18.8 Å². The first-order chi connectivity index (χ1) is 4.88. The zero-order chi connectivity index (χ0) is 7.40. The Kier molecular flexibility index (Phi) is 2.45. The summed E-state index contributed by atoms with van der Waals surface area (Å²) in [5.41, 5.74) is 5.39. The van der Waals surface area contributed by atoms with Crippen molar-refractivity contribution in [3.8, 4) is 0 Å². The molecule has 0 saturated carbocycles. The van der Waals surface area contributed by atoms with Crippen LogP contribution in [0.1, 0.15) is 12.7 Å². The molecule has 3 nitrogen and oxygen atoms in total. The van der Waals surface area contributed by atoms with Gasteiger partial charge in [-0.05, 0) is 13.5 Å². The van der Waals surface area contributed by atoms with Gasteiger partial charge in [0.1, 0.15) is 5.82 Å². The predicted molar refractivity (Wildman–Crippen MR) is 40.7 cm³/mol. The number of hydrogen-bond donors (Lipinski definition) is 1. The van der Waals surface area contributed by atoms with Crippen molar-refractivity contribution in [2.45, 2.75) is 19.9 Å². The first kappa shape index (κ1) is 7.28. The molecule has 0 aliphatic heterocycles. The number of nitrogens with zero attached hydrogens (tertiary/aromatic N) is 2. The quantitative estimate of drug-likeness (QED) is 0.659. The minimum atomic E-state index is 0.678. The molecule has 1 aromatic heterocycles. The monoisotopic (exact) mass is 139 g/mol. The van der Waals surface area contributed by atoms with E-state index < -0.39 is 0 Å². The SMILES string of the molecule is CCn1ccnc1CCN. The summed E-state index contributed by atoms with van der Waals surface area (Å²) in [4.78, 5) is 4.16. The van der Waals surface area contributed by atoms with Crippen LogP contribution in [0, 0.1) is 0 Å². The number of nitrogens with two attached hydrogens (primary N) is 1. The molecular weight excluding hydrogens is 126 g/mol. The van der Waals surface area contributed by atoms with Crippen molar-refractivity contribution in [2.24, 2.45) is 5.73 Å². The number of rotatable bonds is 3. The lowest BCUT2D eigenvalue weighted by molar-refractivity contribution is 0.693. The highest BCUT2D eigenvalue weighted by atomic mass is 15.0. The van der Waals surface area contributed by atoms with Crippen molar-refractivity contribution in [1.29, 1.82) is 0 Å². The first-order valence-corrected chi connectivity index (χ1v) is 3.58. The minimum absolute atomic E-state index is 0.678. The molecule has 0 atom stereocenters. The van der Waals surface area contributed by atoms with Crippen molar-refractivity contribution < 1.29 is 0 Å². The van der Waals surface area contributed by atoms with E-state index in [1.54, 1.807) is 0 Å². The van der Waals surface area contributed by atoms with Gasteiger partial charge < -0.3 is 10.3 Å². The fourth-order valence-electron chi connectivity index (χ4n) is 0.985. The molecular formula is C7H13N3. The average Bonchev–Trinajstić information content (AvgIpc) is 2.36. The van der Waals surface area contributed by atoms with E-state index in [2.05, 4.69) is 16.5 Å². The highest BCUT2D eigenvalue weighted by Crippen LogP contribution is 1.96. The summed E-state index contributed by atoms with van der Waals surface area (Å²) in [6.45, 7) is 3.76. The maximum absolute atomic E-state index is 5.39. The Bertz CT molecular complexity index is 192. The Morgan fingerprint density at radius 2 is 2.50 bits per heavy atom. The zero-order valence-corrected chi connectivity index (χ0v) is 6.25. The number of hydrogen-bond acceptors (Lipinski definition) is 2. The molecule has 0 aliphatic carbocycles. The lowest BCUT2D eigenvalue weighted by atomic mass is 10.4. The van der Waals surface area contributed by atoms with Crippen LogP contribution < -0.4 is 5.73 Å². The first-order valence-electron chi connectivity index (χ1n) is 3.58. The van der Waals surface area contributed by atoms with Gasteiger partial charge in [0.05, 0.1) is 0 Å². The molecule has 0 spiro atoms. The van der Waals surface area contributed by atoms with Gasteiger partial charge in [0.15, 0.2) is 0 Å². The standard InChI is InChI=1S/C7H13N3/c1-2-10-6-5-9-7(10)3-4-8/h5-6H,2-4,8H2,1H3. The maximum atomic E-state index is 5.39. The molecule has 3 heteroatoms. The van der Waals surface area contributed by atoms with Crippen LogP contribution in [0.4, 0.5) is 0 Å². The summed E-state index contributed by atoms with van der Waals surface area (Å²) in [7, 11) is 0. The highest BCUT2D eigenvalue weighted by molar-refractivity contribution is 4.92. The Morgan fingerprint density at radius 3 is 3.10 bits per heavy atom. The molecule has 10 heavy (non-hydrogen) atoms. The molecule has 0 aromatic carbocycles. The van der Waals surface area contributed by atoms with Gasteiger partial charge in [-0.3, -0.25) is 0 Å². The summed E-state index contributed by atoms with van der Waals surface area (Å²) >= 11 is 0. The van der Waals surface area contributed by atoms with Crippen LogP contribution >= 0.6 is 0 Å². The molecule has 0 saturated heterocycles. The Labute approximate surface area is 60.9 Å². The molecule has 0 aliphatic rings. The van der Waals surface area contributed by atoms with Crippen LogP contribution in [0.15, 0.2) is 12.4 Å². The molecule has 0 amide bonds. The van der Waals surface area contributed by atoms with Gasteiger partial charge in [-0.25, -0.2) is 4.98 Å². The molecule has 1 rings (SSSR count). The Hall–Kier alpha value is -0.830. The van der Waals surface area contributed by atoms with E-state index in [1.807, 2.05) is 12.4 Å². The summed E-state index contributed by atoms with van der Waals surface area (Å²) < 4.78 is 2.10. The molecule has 0 bridgehead atoms. The van der Waals surface area contributed by atoms with E-state index in [9.17, 15) is 0 Å². The zero-order valence-electron chi connectivity index (χ0n) is 6.25. The summed E-state index contributed by atoms with van der Waals surface area (Å²) in [6.07, 6.45) is 4.67. The van der Waals surface area contributed by atoms with Gasteiger partial charge in [0.25, 0.3) is 0 Å². The molecule has 2 N–H and O–H groups in total. The minimum Gasteiger partial charge on any atom is -0.335 e. The number of aromatic nitrogens is 2. The molecule has 0 radical (unpaired) electrons. The molecule has 0 unspecified atom stereocenters. The molecule has 0 fully saturated rings. The van der Waals surface area contributed by atoms with Crippen LogP contribution in [-0.2, 0) is 13.0 Å². The van der Waals surface area contributed by atoms with Crippen molar-refractivity contribution in [3.05, 3.63) is 18.2 Å². The molecule has 1 aromatic rings. The number of imidazole rings is 1. The van der Waals surface area contributed by atoms with Gasteiger partial charge in [0, 0.05) is 25.4 Å². The smallest absolute Gasteiger partial charge is 0.109 e. The lowest BCUT2D eigenvalue weighted by Crippen LogP contribution is -2.08. The third kappa shape index (κ3) is 1.36. The Morgan fingerprint density at radius 1 is 1.70 bits per heavy atom. The third-order valence-corrected chi connectivity index (χ3v) is 1.51. The second-order valence-electron chi connectivity index (χ2n) is 2.17. The summed E-state index contributed by atoms with van der Waals surface area (Å²) in [5, 5.41) is 0. The second kappa shape index (κ2) is 3.37. The maximum Gasteiger partial charge on any atom is 0.109 e. The van der Waals surface area contributed by atoms with E-state index in [0.29, 0.717) is 6.54 Å². The van der Waals surface area contributed by atoms with Crippen molar-refractivity contribution >= 4 is 0 Å². The highest BCUT2D eigenvalue weighted by Gasteiger charge is 1.96. The van der Waals surface area contributed by atoms with Crippen LogP contribution in [0.5, 0.6) is 0 Å². The fourth-order valence-corrected chi connectivity index (χ4v) is 0.985. The molecule has 1 heterocycles. The van der Waals surface area contributed by atoms with Gasteiger partial charge in [-0.15, -0.1) is 0 Å². The average molecular weight is 139 g/mol. The largest absolute Gasteiger partial charge is 0.335 e. The van der Waals surface area contributed by atoms with Gasteiger partial charge >= 0.3 is 0 Å². The summed E-state index contributed by atoms with van der Waals surface area (Å²) in [6, 6.07) is 0. The fraction of sp³-hybridized carbons (Fsp3) is 0.571. The van der Waals surface area contributed by atoms with E-state index in [4.69, 9.17) is 5.73 Å². The topological polar surface area (TPSA) is 43.8 Å².